The molecular weight excluding hydrogens is 330 g/mol. The van der Waals surface area contributed by atoms with Gasteiger partial charge < -0.3 is 5.32 Å². The predicted octanol–water partition coefficient (Wildman–Crippen LogP) is 5.04. The Hall–Kier alpha value is -0.350. The smallest absolute Gasteiger partial charge is 0.0888 e. The topological polar surface area (TPSA) is 12.0 Å². The second kappa shape index (κ2) is 6.20. The molecule has 18 heavy (non-hydrogen) atoms. The highest BCUT2D eigenvalue weighted by Crippen LogP contribution is 2.37. The van der Waals surface area contributed by atoms with Crippen molar-refractivity contribution in [1.29, 1.82) is 0 Å². The van der Waals surface area contributed by atoms with E-state index in [9.17, 15) is 0 Å². The zero-order valence-corrected chi connectivity index (χ0v) is 13.5. The Labute approximate surface area is 125 Å². The fraction of sp³-hybridized carbons (Fsp3) is 0.286. The fourth-order valence-electron chi connectivity index (χ4n) is 1.92. The van der Waals surface area contributed by atoms with E-state index in [2.05, 4.69) is 52.4 Å². The van der Waals surface area contributed by atoms with Crippen LogP contribution in [0, 0.1) is 0 Å². The zero-order chi connectivity index (χ0) is 13.1. The second-order valence-electron chi connectivity index (χ2n) is 4.09. The van der Waals surface area contributed by atoms with E-state index in [0.717, 1.165) is 15.2 Å². The molecule has 4 heteroatoms. The number of rotatable bonds is 4. The van der Waals surface area contributed by atoms with Crippen LogP contribution in [0.3, 0.4) is 0 Å². The van der Waals surface area contributed by atoms with Crippen molar-refractivity contribution in [1.82, 2.24) is 5.32 Å². The van der Waals surface area contributed by atoms with Crippen molar-refractivity contribution in [2.75, 3.05) is 7.05 Å². The molecule has 0 aliphatic rings. The highest BCUT2D eigenvalue weighted by Gasteiger charge is 2.16. The van der Waals surface area contributed by atoms with E-state index in [-0.39, 0.29) is 6.04 Å². The first-order valence-electron chi connectivity index (χ1n) is 5.86. The number of halogens is 2. The van der Waals surface area contributed by atoms with Crippen molar-refractivity contribution in [3.63, 3.8) is 0 Å². The third-order valence-corrected chi connectivity index (χ3v) is 5.50. The summed E-state index contributed by atoms with van der Waals surface area (Å²) in [7, 11) is 1.97. The molecule has 0 bridgehead atoms. The van der Waals surface area contributed by atoms with Gasteiger partial charge in [0.1, 0.15) is 0 Å². The van der Waals surface area contributed by atoms with E-state index < -0.39 is 0 Å². The maximum Gasteiger partial charge on any atom is 0.0888 e. The molecule has 1 nitrogen and oxygen atoms in total. The first-order valence-corrected chi connectivity index (χ1v) is 7.85. The molecule has 1 N–H and O–H groups in total. The Bertz CT molecular complexity index is 502. The van der Waals surface area contributed by atoms with Gasteiger partial charge >= 0.3 is 0 Å². The van der Waals surface area contributed by atoms with Crippen LogP contribution in [0.1, 0.15) is 29.0 Å². The van der Waals surface area contributed by atoms with Crippen LogP contribution in [-0.4, -0.2) is 7.05 Å². The lowest BCUT2D eigenvalue weighted by molar-refractivity contribution is 0.703. The van der Waals surface area contributed by atoms with E-state index in [4.69, 9.17) is 11.6 Å². The van der Waals surface area contributed by atoms with Gasteiger partial charge in [0.15, 0.2) is 0 Å². The standard InChI is InChI=1S/C14H15BrClNS/c1-3-9-4-6-10(7-5-9)13(17-2)12-8-11(16)14(15)18-12/h4-8,13,17H,3H2,1-2H3. The molecule has 96 valence electrons. The summed E-state index contributed by atoms with van der Waals surface area (Å²) in [5.41, 5.74) is 2.62. The number of thiophene rings is 1. The normalized spacial score (nSPS) is 12.7. The van der Waals surface area contributed by atoms with E-state index in [1.165, 1.54) is 16.0 Å². The van der Waals surface area contributed by atoms with Crippen LogP contribution in [0.5, 0.6) is 0 Å². The molecule has 0 saturated heterocycles. The first kappa shape index (κ1) is 14.1. The summed E-state index contributed by atoms with van der Waals surface area (Å²) < 4.78 is 0.990. The zero-order valence-electron chi connectivity index (χ0n) is 10.3. The molecule has 0 aliphatic carbocycles. The SMILES string of the molecule is CCc1ccc(C(NC)c2cc(Cl)c(Br)s2)cc1. The number of nitrogens with one attached hydrogen (secondary N) is 1. The molecule has 0 amide bonds. The van der Waals surface area contributed by atoms with Gasteiger partial charge in [-0.25, -0.2) is 0 Å². The molecule has 1 unspecified atom stereocenters. The summed E-state index contributed by atoms with van der Waals surface area (Å²) in [4.78, 5) is 1.22. The average Bonchev–Trinajstić information content (AvgIpc) is 2.71. The molecule has 1 heterocycles. The van der Waals surface area contributed by atoms with Crippen LogP contribution in [0.2, 0.25) is 5.02 Å². The van der Waals surface area contributed by atoms with Gasteiger partial charge in [0.25, 0.3) is 0 Å². The van der Waals surface area contributed by atoms with Gasteiger partial charge in [-0.15, -0.1) is 11.3 Å². The summed E-state index contributed by atoms with van der Waals surface area (Å²) in [5.74, 6) is 0. The van der Waals surface area contributed by atoms with Crippen molar-refractivity contribution in [2.45, 2.75) is 19.4 Å². The van der Waals surface area contributed by atoms with Crippen LogP contribution in [-0.2, 0) is 6.42 Å². The molecule has 1 aromatic heterocycles. The predicted molar refractivity (Wildman–Crippen MR) is 83.8 cm³/mol. The molecule has 0 saturated carbocycles. The van der Waals surface area contributed by atoms with Crippen molar-refractivity contribution in [3.8, 4) is 0 Å². The third kappa shape index (κ3) is 2.97. The van der Waals surface area contributed by atoms with Crippen molar-refractivity contribution in [2.24, 2.45) is 0 Å². The molecule has 1 aromatic carbocycles. The molecule has 1 atom stereocenters. The Morgan fingerprint density at radius 3 is 2.44 bits per heavy atom. The summed E-state index contributed by atoms with van der Waals surface area (Å²) in [6.07, 6.45) is 1.07. The molecule has 0 radical (unpaired) electrons. The Balaban J connectivity index is 2.32. The summed E-state index contributed by atoms with van der Waals surface area (Å²) in [6.45, 7) is 2.17. The second-order valence-corrected chi connectivity index (χ2v) is 6.90. The van der Waals surface area contributed by atoms with Crippen LogP contribution >= 0.6 is 38.9 Å². The fourth-order valence-corrected chi connectivity index (χ4v) is 3.81. The van der Waals surface area contributed by atoms with E-state index in [1.807, 2.05) is 13.1 Å². The monoisotopic (exact) mass is 343 g/mol. The number of aryl methyl sites for hydroxylation is 1. The van der Waals surface area contributed by atoms with Gasteiger partial charge in [-0.1, -0.05) is 42.8 Å². The van der Waals surface area contributed by atoms with Crippen LogP contribution in [0.25, 0.3) is 0 Å². The third-order valence-electron chi connectivity index (χ3n) is 2.96. The Morgan fingerprint density at radius 2 is 2.00 bits per heavy atom. The largest absolute Gasteiger partial charge is 0.309 e. The summed E-state index contributed by atoms with van der Waals surface area (Å²) in [5, 5.41) is 4.12. The number of hydrogen-bond donors (Lipinski definition) is 1. The minimum Gasteiger partial charge on any atom is -0.309 e. The van der Waals surface area contributed by atoms with Gasteiger partial charge in [0.05, 0.1) is 14.9 Å². The molecule has 0 fully saturated rings. The molecule has 0 aliphatic heterocycles. The van der Waals surface area contributed by atoms with Crippen LogP contribution in [0.15, 0.2) is 34.1 Å². The van der Waals surface area contributed by atoms with Gasteiger partial charge in [0, 0.05) is 4.88 Å². The number of benzene rings is 1. The maximum atomic E-state index is 6.10. The van der Waals surface area contributed by atoms with E-state index in [1.54, 1.807) is 11.3 Å². The highest BCUT2D eigenvalue weighted by atomic mass is 79.9. The van der Waals surface area contributed by atoms with Crippen molar-refractivity contribution >= 4 is 38.9 Å². The minimum atomic E-state index is 0.199. The molecule has 2 aromatic rings. The molecule has 0 spiro atoms. The minimum absolute atomic E-state index is 0.199. The summed E-state index contributed by atoms with van der Waals surface area (Å²) in [6, 6.07) is 11.0. The van der Waals surface area contributed by atoms with Gasteiger partial charge in [0.2, 0.25) is 0 Å². The molecule has 2 rings (SSSR count). The molecular formula is C14H15BrClNS. The Morgan fingerprint density at radius 1 is 1.33 bits per heavy atom. The highest BCUT2D eigenvalue weighted by molar-refractivity contribution is 9.11. The maximum absolute atomic E-state index is 6.10. The van der Waals surface area contributed by atoms with Gasteiger partial charge in [-0.05, 0) is 46.6 Å². The average molecular weight is 345 g/mol. The van der Waals surface area contributed by atoms with E-state index in [0.29, 0.717) is 0 Å². The van der Waals surface area contributed by atoms with Gasteiger partial charge in [-0.2, -0.15) is 0 Å². The number of hydrogen-bond acceptors (Lipinski definition) is 2. The van der Waals surface area contributed by atoms with Crippen molar-refractivity contribution < 1.29 is 0 Å². The lowest BCUT2D eigenvalue weighted by Crippen LogP contribution is -2.16. The lowest BCUT2D eigenvalue weighted by atomic mass is 10.0. The van der Waals surface area contributed by atoms with Gasteiger partial charge in [-0.3, -0.25) is 0 Å². The quantitative estimate of drug-likeness (QED) is 0.819. The van der Waals surface area contributed by atoms with Crippen molar-refractivity contribution in [3.05, 3.63) is 55.1 Å². The lowest BCUT2D eigenvalue weighted by Gasteiger charge is -2.15. The summed E-state index contributed by atoms with van der Waals surface area (Å²) >= 11 is 11.2. The van der Waals surface area contributed by atoms with Crippen LogP contribution in [0.4, 0.5) is 0 Å². The van der Waals surface area contributed by atoms with E-state index >= 15 is 0 Å². The first-order chi connectivity index (χ1) is 8.65. The van der Waals surface area contributed by atoms with Crippen LogP contribution < -0.4 is 5.32 Å². The Kier molecular flexibility index (Phi) is 4.84.